The van der Waals surface area contributed by atoms with Gasteiger partial charge in [-0.05, 0) is 148 Å². The lowest BCUT2D eigenvalue weighted by atomic mass is 10.1. The quantitative estimate of drug-likeness (QED) is 0.0261. The van der Waals surface area contributed by atoms with Crippen LogP contribution in [0.15, 0.2) is 170 Å². The molecule has 0 saturated heterocycles. The van der Waals surface area contributed by atoms with Crippen molar-refractivity contribution in [1.29, 1.82) is 0 Å². The van der Waals surface area contributed by atoms with E-state index in [-0.39, 0.29) is 31.1 Å². The van der Waals surface area contributed by atoms with Gasteiger partial charge in [0.15, 0.2) is 6.10 Å². The molecular formula is C75H118O6. The molecule has 0 spiro atoms. The van der Waals surface area contributed by atoms with Gasteiger partial charge in [0, 0.05) is 19.3 Å². The summed E-state index contributed by atoms with van der Waals surface area (Å²) in [6, 6.07) is 0. The van der Waals surface area contributed by atoms with Crippen LogP contribution in [0.5, 0.6) is 0 Å². The first kappa shape index (κ1) is 75.8. The largest absolute Gasteiger partial charge is 0.462 e. The maximum absolute atomic E-state index is 12.9. The second kappa shape index (κ2) is 67.3. The summed E-state index contributed by atoms with van der Waals surface area (Å²) in [6.07, 6.45) is 99.4. The van der Waals surface area contributed by atoms with Crippen molar-refractivity contribution < 1.29 is 28.6 Å². The van der Waals surface area contributed by atoms with E-state index < -0.39 is 6.10 Å². The van der Waals surface area contributed by atoms with Gasteiger partial charge in [-0.2, -0.15) is 0 Å². The van der Waals surface area contributed by atoms with E-state index in [0.29, 0.717) is 19.3 Å². The van der Waals surface area contributed by atoms with Gasteiger partial charge in [-0.25, -0.2) is 0 Å². The number of hydrogen-bond donors (Lipinski definition) is 0. The number of carbonyl (C=O) groups is 3. The molecular weight excluding hydrogens is 997 g/mol. The molecule has 1 atom stereocenters. The summed E-state index contributed by atoms with van der Waals surface area (Å²) < 4.78 is 16.8. The highest BCUT2D eigenvalue weighted by Crippen LogP contribution is 2.14. The van der Waals surface area contributed by atoms with Gasteiger partial charge in [-0.15, -0.1) is 0 Å². The first-order valence-corrected chi connectivity index (χ1v) is 32.6. The number of unbranched alkanes of at least 4 members (excludes halogenated alkanes) is 18. The molecule has 6 heteroatoms. The van der Waals surface area contributed by atoms with Crippen LogP contribution in [0, 0.1) is 0 Å². The van der Waals surface area contributed by atoms with Crippen LogP contribution in [-0.4, -0.2) is 37.2 Å². The molecule has 0 aliphatic heterocycles. The Labute approximate surface area is 498 Å². The van der Waals surface area contributed by atoms with Gasteiger partial charge >= 0.3 is 17.9 Å². The molecule has 454 valence electrons. The molecule has 0 saturated carbocycles. The first-order valence-electron chi connectivity index (χ1n) is 32.6. The van der Waals surface area contributed by atoms with Crippen LogP contribution in [0.2, 0.25) is 0 Å². The lowest BCUT2D eigenvalue weighted by Gasteiger charge is -2.18. The smallest absolute Gasteiger partial charge is 0.306 e. The van der Waals surface area contributed by atoms with Gasteiger partial charge in [0.05, 0.1) is 0 Å². The van der Waals surface area contributed by atoms with Gasteiger partial charge in [0.25, 0.3) is 0 Å². The van der Waals surface area contributed by atoms with E-state index in [2.05, 4.69) is 191 Å². The van der Waals surface area contributed by atoms with Crippen LogP contribution in [0.25, 0.3) is 0 Å². The van der Waals surface area contributed by atoms with Gasteiger partial charge < -0.3 is 14.2 Å². The zero-order valence-electron chi connectivity index (χ0n) is 52.0. The van der Waals surface area contributed by atoms with Crippen molar-refractivity contribution in [3.8, 4) is 0 Å². The molecule has 0 aromatic rings. The molecule has 0 heterocycles. The lowest BCUT2D eigenvalue weighted by Crippen LogP contribution is -2.30. The Morgan fingerprint density at radius 1 is 0.259 bits per heavy atom. The maximum Gasteiger partial charge on any atom is 0.306 e. The monoisotopic (exact) mass is 1110 g/mol. The van der Waals surface area contributed by atoms with E-state index in [4.69, 9.17) is 14.2 Å². The number of rotatable bonds is 57. The van der Waals surface area contributed by atoms with Crippen molar-refractivity contribution in [3.05, 3.63) is 170 Å². The zero-order chi connectivity index (χ0) is 58.5. The highest BCUT2D eigenvalue weighted by atomic mass is 16.6. The number of esters is 3. The molecule has 0 rings (SSSR count). The number of allylic oxidation sites excluding steroid dienone is 28. The first-order chi connectivity index (χ1) is 40.0. The van der Waals surface area contributed by atoms with E-state index in [1.807, 2.05) is 0 Å². The highest BCUT2D eigenvalue weighted by molar-refractivity contribution is 5.71. The molecule has 0 radical (unpaired) electrons. The second-order valence-electron chi connectivity index (χ2n) is 20.9. The molecule has 0 N–H and O–H groups in total. The Hall–Kier alpha value is -5.23. The van der Waals surface area contributed by atoms with Crippen molar-refractivity contribution in [2.75, 3.05) is 13.2 Å². The van der Waals surface area contributed by atoms with E-state index >= 15 is 0 Å². The minimum atomic E-state index is -0.806. The zero-order valence-corrected chi connectivity index (χ0v) is 52.0. The van der Waals surface area contributed by atoms with Crippen LogP contribution in [0.4, 0.5) is 0 Å². The Balaban J connectivity index is 4.32. The van der Waals surface area contributed by atoms with E-state index in [1.165, 1.54) is 51.4 Å². The summed E-state index contributed by atoms with van der Waals surface area (Å²) in [6.45, 7) is 6.33. The molecule has 81 heavy (non-hydrogen) atoms. The number of hydrogen-bond acceptors (Lipinski definition) is 6. The highest BCUT2D eigenvalue weighted by Gasteiger charge is 2.19. The minimum Gasteiger partial charge on any atom is -0.462 e. The van der Waals surface area contributed by atoms with Crippen LogP contribution < -0.4 is 0 Å². The topological polar surface area (TPSA) is 78.9 Å². The molecule has 0 amide bonds. The van der Waals surface area contributed by atoms with Crippen molar-refractivity contribution in [3.63, 3.8) is 0 Å². The third-order valence-electron chi connectivity index (χ3n) is 13.2. The van der Waals surface area contributed by atoms with E-state index in [9.17, 15) is 14.4 Å². The van der Waals surface area contributed by atoms with Crippen LogP contribution in [0.3, 0.4) is 0 Å². The summed E-state index contributed by atoms with van der Waals surface area (Å²) in [7, 11) is 0. The standard InChI is InChI=1S/C75H118O6/c1-4-7-10-13-16-19-22-24-26-28-29-30-31-32-33-34-35-36-37-38-39-40-41-42-43-44-45-47-48-50-53-56-59-62-65-68-74(77)80-71-72(70-79-73(76)67-64-61-58-55-52-21-18-15-12-9-6-3)81-75(78)69-66-63-60-57-54-51-49-46-27-25-23-20-17-14-11-8-5-2/h7-8,10-11,15-20,24-27,29-30,32-33,35-36,38-39,41-42,44-45,48,50,72H,4-6,9,12-14,21-23,28,31,34,37,40,43,46-47,49,51-71H2,1-3H3/b10-7-,11-8-,18-15-,19-16-,20-17-,26-24-,27-25-,30-29-,33-32-,36-35-,39-38-,42-41-,45-44-,50-48-. The summed E-state index contributed by atoms with van der Waals surface area (Å²) in [4.78, 5) is 38.2. The van der Waals surface area contributed by atoms with Crippen LogP contribution in [-0.2, 0) is 28.6 Å². The molecule has 1 unspecified atom stereocenters. The van der Waals surface area contributed by atoms with E-state index in [1.54, 1.807) is 0 Å². The molecule has 0 aromatic carbocycles. The fourth-order valence-electron chi connectivity index (χ4n) is 8.35. The van der Waals surface area contributed by atoms with Crippen molar-refractivity contribution in [1.82, 2.24) is 0 Å². The van der Waals surface area contributed by atoms with Crippen LogP contribution in [0.1, 0.15) is 265 Å². The van der Waals surface area contributed by atoms with Gasteiger partial charge in [0.1, 0.15) is 13.2 Å². The third-order valence-corrected chi connectivity index (χ3v) is 13.2. The maximum atomic E-state index is 12.9. The normalized spacial score (nSPS) is 13.3. The molecule has 0 aliphatic carbocycles. The predicted molar refractivity (Wildman–Crippen MR) is 352 cm³/mol. The molecule has 6 nitrogen and oxygen atoms in total. The molecule has 0 fully saturated rings. The summed E-state index contributed by atoms with van der Waals surface area (Å²) in [5, 5.41) is 0. The predicted octanol–water partition coefficient (Wildman–Crippen LogP) is 22.7. The Bertz CT molecular complexity index is 1860. The molecule has 0 aromatic heterocycles. The summed E-state index contributed by atoms with van der Waals surface area (Å²) >= 11 is 0. The fraction of sp³-hybridized carbons (Fsp3) is 0.587. The Kier molecular flexibility index (Phi) is 62.9. The Morgan fingerprint density at radius 3 is 0.765 bits per heavy atom. The summed E-state index contributed by atoms with van der Waals surface area (Å²) in [5.41, 5.74) is 0. The number of ether oxygens (including phenoxy) is 3. The Morgan fingerprint density at radius 2 is 0.481 bits per heavy atom. The number of carbonyl (C=O) groups excluding carboxylic acids is 3. The van der Waals surface area contributed by atoms with Crippen molar-refractivity contribution >= 4 is 17.9 Å². The average molecular weight is 1120 g/mol. The molecule has 0 aliphatic rings. The average Bonchev–Trinajstić information content (AvgIpc) is 3.47. The lowest BCUT2D eigenvalue weighted by molar-refractivity contribution is -0.167. The van der Waals surface area contributed by atoms with Crippen molar-refractivity contribution in [2.24, 2.45) is 0 Å². The SMILES string of the molecule is CC/C=C\C/C=C\C/C=C\C/C=C\C/C=C\C/C=C\C/C=C\C/C=C\C/C=C\C/C=C\CCCCCCC(=O)OCC(COC(=O)CCCCCCC/C=C\CCCC)OC(=O)CCCCCCCCC/C=C\C/C=C\C/C=C\CC. The van der Waals surface area contributed by atoms with Crippen molar-refractivity contribution in [2.45, 2.75) is 271 Å². The fourth-order valence-corrected chi connectivity index (χ4v) is 8.35. The minimum absolute atomic E-state index is 0.101. The van der Waals surface area contributed by atoms with E-state index in [0.717, 1.165) is 173 Å². The van der Waals surface area contributed by atoms with Gasteiger partial charge in [0.2, 0.25) is 0 Å². The summed E-state index contributed by atoms with van der Waals surface area (Å²) in [5.74, 6) is -0.951. The third kappa shape index (κ3) is 65.5. The van der Waals surface area contributed by atoms with Gasteiger partial charge in [-0.1, -0.05) is 268 Å². The van der Waals surface area contributed by atoms with Gasteiger partial charge in [-0.3, -0.25) is 14.4 Å². The second-order valence-corrected chi connectivity index (χ2v) is 20.9. The molecule has 0 bridgehead atoms. The van der Waals surface area contributed by atoms with Crippen LogP contribution >= 0.6 is 0 Å².